The summed E-state index contributed by atoms with van der Waals surface area (Å²) in [5.41, 5.74) is 2.12. The predicted molar refractivity (Wildman–Crippen MR) is 121 cm³/mol. The molecular formula is C18H28IN5O2S. The molecule has 0 saturated carbocycles. The number of rotatable bonds is 3. The van der Waals surface area contributed by atoms with Crippen LogP contribution in [-0.2, 0) is 16.4 Å². The molecule has 3 rings (SSSR count). The summed E-state index contributed by atoms with van der Waals surface area (Å²) in [6.45, 7) is 7.94. The van der Waals surface area contributed by atoms with Crippen LogP contribution in [0, 0.1) is 6.92 Å². The number of aryl methyl sites for hydroxylation is 1. The highest BCUT2D eigenvalue weighted by Crippen LogP contribution is 2.23. The maximum absolute atomic E-state index is 12.2. The van der Waals surface area contributed by atoms with Crippen LogP contribution in [0.1, 0.15) is 19.7 Å². The molecule has 27 heavy (non-hydrogen) atoms. The van der Waals surface area contributed by atoms with Gasteiger partial charge in [-0.25, -0.2) is 13.4 Å². The van der Waals surface area contributed by atoms with E-state index < -0.39 is 14.6 Å². The van der Waals surface area contributed by atoms with Crippen LogP contribution in [0.15, 0.2) is 29.3 Å². The van der Waals surface area contributed by atoms with Gasteiger partial charge in [0.25, 0.3) is 0 Å². The number of guanidine groups is 1. The van der Waals surface area contributed by atoms with Gasteiger partial charge in [-0.15, -0.1) is 24.0 Å². The number of halogens is 1. The Balaban J connectivity index is 0.00000261. The van der Waals surface area contributed by atoms with Crippen molar-refractivity contribution in [2.45, 2.75) is 32.1 Å². The van der Waals surface area contributed by atoms with Crippen LogP contribution in [0.4, 0.5) is 0 Å². The Morgan fingerprint density at radius 1 is 1.33 bits per heavy atom. The minimum atomic E-state index is -3.06. The van der Waals surface area contributed by atoms with Gasteiger partial charge in [0.15, 0.2) is 15.8 Å². The maximum Gasteiger partial charge on any atom is 0.193 e. The zero-order valence-corrected chi connectivity index (χ0v) is 19.4. The molecule has 0 spiro atoms. The van der Waals surface area contributed by atoms with Gasteiger partial charge in [0.1, 0.15) is 5.82 Å². The summed E-state index contributed by atoms with van der Waals surface area (Å²) in [4.78, 5) is 11.0. The molecule has 1 aromatic heterocycles. The summed E-state index contributed by atoms with van der Waals surface area (Å²) in [5.74, 6) is 1.88. The zero-order chi connectivity index (χ0) is 18.9. The molecule has 0 bridgehead atoms. The topological polar surface area (TPSA) is 79.6 Å². The lowest BCUT2D eigenvalue weighted by atomic mass is 10.2. The van der Waals surface area contributed by atoms with E-state index >= 15 is 0 Å². The van der Waals surface area contributed by atoms with Crippen molar-refractivity contribution in [3.8, 4) is 0 Å². The number of nitrogens with one attached hydrogen (secondary N) is 1. The van der Waals surface area contributed by atoms with E-state index in [1.165, 1.54) is 0 Å². The lowest BCUT2D eigenvalue weighted by molar-refractivity contribution is 0.353. The SMILES string of the molecule is CN=C(NCCn1c(C)nc2ccccc21)N1CCS(=O)(=O)C(C)(C)C1.I. The molecule has 1 N–H and O–H groups in total. The van der Waals surface area contributed by atoms with Gasteiger partial charge in [0.2, 0.25) is 0 Å². The normalized spacial score (nSPS) is 19.0. The molecule has 1 aliphatic rings. The number of hydrogen-bond donors (Lipinski definition) is 1. The van der Waals surface area contributed by atoms with Gasteiger partial charge in [0, 0.05) is 33.2 Å². The molecule has 1 fully saturated rings. The molecule has 2 aromatic rings. The Morgan fingerprint density at radius 3 is 2.70 bits per heavy atom. The fraction of sp³-hybridized carbons (Fsp3) is 0.556. The molecule has 0 radical (unpaired) electrons. The van der Waals surface area contributed by atoms with E-state index in [0.717, 1.165) is 29.4 Å². The van der Waals surface area contributed by atoms with Crippen molar-refractivity contribution < 1.29 is 8.42 Å². The number of sulfone groups is 1. The van der Waals surface area contributed by atoms with Crippen molar-refractivity contribution in [3.63, 3.8) is 0 Å². The van der Waals surface area contributed by atoms with Crippen LogP contribution in [0.3, 0.4) is 0 Å². The van der Waals surface area contributed by atoms with Crippen molar-refractivity contribution >= 4 is 50.8 Å². The highest BCUT2D eigenvalue weighted by Gasteiger charge is 2.40. The number of fused-ring (bicyclic) bond motifs is 1. The van der Waals surface area contributed by atoms with Crippen LogP contribution >= 0.6 is 24.0 Å². The van der Waals surface area contributed by atoms with Crippen LogP contribution in [-0.4, -0.2) is 66.0 Å². The quantitative estimate of drug-likeness (QED) is 0.393. The summed E-state index contributed by atoms with van der Waals surface area (Å²) in [6.07, 6.45) is 0. The van der Waals surface area contributed by atoms with Crippen molar-refractivity contribution in [1.82, 2.24) is 19.8 Å². The van der Waals surface area contributed by atoms with Crippen LogP contribution < -0.4 is 5.32 Å². The lowest BCUT2D eigenvalue weighted by Gasteiger charge is -2.39. The Morgan fingerprint density at radius 2 is 2.04 bits per heavy atom. The lowest BCUT2D eigenvalue weighted by Crippen LogP contribution is -2.57. The maximum atomic E-state index is 12.2. The first-order chi connectivity index (χ1) is 12.2. The number of para-hydroxylation sites is 2. The third-order valence-electron chi connectivity index (χ3n) is 5.02. The number of aromatic nitrogens is 2. The number of hydrogen-bond acceptors (Lipinski definition) is 4. The molecule has 0 unspecified atom stereocenters. The Labute approximate surface area is 178 Å². The van der Waals surface area contributed by atoms with E-state index in [2.05, 4.69) is 25.9 Å². The molecule has 2 heterocycles. The van der Waals surface area contributed by atoms with Gasteiger partial charge in [-0.2, -0.15) is 0 Å². The molecule has 9 heteroatoms. The minimum absolute atomic E-state index is 0. The third-order valence-corrected chi connectivity index (χ3v) is 7.55. The smallest absolute Gasteiger partial charge is 0.193 e. The molecule has 1 aromatic carbocycles. The first-order valence-electron chi connectivity index (χ1n) is 8.85. The van der Waals surface area contributed by atoms with Crippen LogP contribution in [0.5, 0.6) is 0 Å². The van der Waals surface area contributed by atoms with Gasteiger partial charge in [0.05, 0.1) is 21.5 Å². The Hall–Kier alpha value is -1.36. The fourth-order valence-electron chi connectivity index (χ4n) is 3.41. The molecule has 0 atom stereocenters. The van der Waals surface area contributed by atoms with E-state index in [4.69, 9.17) is 0 Å². The summed E-state index contributed by atoms with van der Waals surface area (Å²) in [7, 11) is -1.33. The monoisotopic (exact) mass is 505 g/mol. The van der Waals surface area contributed by atoms with Gasteiger partial charge >= 0.3 is 0 Å². The van der Waals surface area contributed by atoms with Crippen molar-refractivity contribution in [1.29, 1.82) is 0 Å². The molecule has 1 saturated heterocycles. The zero-order valence-electron chi connectivity index (χ0n) is 16.3. The van der Waals surface area contributed by atoms with Crippen LogP contribution in [0.25, 0.3) is 11.0 Å². The largest absolute Gasteiger partial charge is 0.354 e. The summed E-state index contributed by atoms with van der Waals surface area (Å²) >= 11 is 0. The van der Waals surface area contributed by atoms with Gasteiger partial charge in [-0.05, 0) is 32.9 Å². The Kier molecular flexibility index (Phi) is 6.77. The van der Waals surface area contributed by atoms with Crippen molar-refractivity contribution in [2.75, 3.05) is 32.4 Å². The number of benzene rings is 1. The summed E-state index contributed by atoms with van der Waals surface area (Å²) in [6, 6.07) is 8.09. The van der Waals surface area contributed by atoms with Crippen molar-refractivity contribution in [2.24, 2.45) is 4.99 Å². The average molecular weight is 505 g/mol. The molecule has 1 aliphatic heterocycles. The van der Waals surface area contributed by atoms with E-state index in [0.29, 0.717) is 19.6 Å². The molecule has 0 aliphatic carbocycles. The second kappa shape index (κ2) is 8.34. The average Bonchev–Trinajstić information content (AvgIpc) is 2.90. The minimum Gasteiger partial charge on any atom is -0.354 e. The van der Waals surface area contributed by atoms with Gasteiger partial charge in [-0.1, -0.05) is 12.1 Å². The second-order valence-corrected chi connectivity index (χ2v) is 10.0. The predicted octanol–water partition coefficient (Wildman–Crippen LogP) is 2.05. The molecule has 150 valence electrons. The van der Waals surface area contributed by atoms with E-state index in [1.807, 2.05) is 30.0 Å². The first kappa shape index (κ1) is 21.9. The standard InChI is InChI=1S/C18H27N5O2S.HI/c1-14-21-15-7-5-6-8-16(15)23(14)10-9-20-17(19-4)22-11-12-26(24,25)18(2,3)13-22;/h5-8H,9-13H2,1-4H3,(H,19,20);1H. The summed E-state index contributed by atoms with van der Waals surface area (Å²) in [5, 5.41) is 3.37. The Bertz CT molecular complexity index is 936. The van der Waals surface area contributed by atoms with Crippen molar-refractivity contribution in [3.05, 3.63) is 30.1 Å². The number of imidazole rings is 1. The highest BCUT2D eigenvalue weighted by molar-refractivity contribution is 14.0. The third kappa shape index (κ3) is 4.39. The molecule has 7 nitrogen and oxygen atoms in total. The van der Waals surface area contributed by atoms with E-state index in [-0.39, 0.29) is 29.7 Å². The van der Waals surface area contributed by atoms with E-state index in [9.17, 15) is 8.42 Å². The summed E-state index contributed by atoms with van der Waals surface area (Å²) < 4.78 is 25.8. The van der Waals surface area contributed by atoms with Crippen LogP contribution in [0.2, 0.25) is 0 Å². The second-order valence-electron chi connectivity index (χ2n) is 7.27. The van der Waals surface area contributed by atoms with Gasteiger partial charge in [-0.3, -0.25) is 4.99 Å². The molecular weight excluding hydrogens is 477 g/mol. The van der Waals surface area contributed by atoms with Gasteiger partial charge < -0.3 is 14.8 Å². The van der Waals surface area contributed by atoms with E-state index in [1.54, 1.807) is 20.9 Å². The first-order valence-corrected chi connectivity index (χ1v) is 10.5. The fourth-order valence-corrected chi connectivity index (χ4v) is 4.78. The highest BCUT2D eigenvalue weighted by atomic mass is 127. The number of nitrogens with zero attached hydrogens (tertiary/aromatic N) is 4. The number of aliphatic imine (C=N–C) groups is 1. The molecule has 0 amide bonds.